The van der Waals surface area contributed by atoms with Crippen molar-refractivity contribution in [1.29, 1.82) is 0 Å². The van der Waals surface area contributed by atoms with Crippen LogP contribution < -0.4 is 4.90 Å². The minimum Gasteiger partial charge on any atom is -0.383 e. The molecule has 4 rings (SSSR count). The third-order valence-electron chi connectivity index (χ3n) is 6.20. The van der Waals surface area contributed by atoms with Crippen molar-refractivity contribution in [2.45, 2.75) is 23.1 Å². The first kappa shape index (κ1) is 19.7. The molecule has 3 heterocycles. The molecule has 2 aliphatic heterocycles. The Morgan fingerprint density at radius 2 is 1.75 bits per heavy atom. The zero-order chi connectivity index (χ0) is 19.6. The number of aliphatic hydroxyl groups is 1. The van der Waals surface area contributed by atoms with Gasteiger partial charge >= 0.3 is 0 Å². The Balaban J connectivity index is 1.63. The number of benzene rings is 1. The van der Waals surface area contributed by atoms with Gasteiger partial charge in [-0.3, -0.25) is 4.90 Å². The molecule has 0 unspecified atom stereocenters. The predicted molar refractivity (Wildman–Crippen MR) is 116 cm³/mol. The molecule has 1 aromatic carbocycles. The number of piperazine rings is 1. The van der Waals surface area contributed by atoms with Crippen LogP contribution in [0.2, 0.25) is 0 Å². The maximum Gasteiger partial charge on any atom is 0.129 e. The fourth-order valence-corrected chi connectivity index (χ4v) is 4.84. The van der Waals surface area contributed by atoms with Crippen LogP contribution in [0.1, 0.15) is 12.0 Å². The van der Waals surface area contributed by atoms with E-state index in [0.717, 1.165) is 55.7 Å². The molecular weight excluding hydrogens is 368 g/mol. The molecule has 150 valence electrons. The molecule has 2 atom stereocenters. The number of piperidine rings is 1. The van der Waals surface area contributed by atoms with Crippen molar-refractivity contribution in [1.82, 2.24) is 14.8 Å². The van der Waals surface area contributed by atoms with Crippen LogP contribution in [0.15, 0.2) is 53.6 Å². The summed E-state index contributed by atoms with van der Waals surface area (Å²) in [5.41, 5.74) is 0.203. The Kier molecular flexibility index (Phi) is 5.92. The highest BCUT2D eigenvalue weighted by Crippen LogP contribution is 2.37. The van der Waals surface area contributed by atoms with E-state index in [2.05, 4.69) is 58.3 Å². The maximum atomic E-state index is 11.9. The van der Waals surface area contributed by atoms with Crippen molar-refractivity contribution in [3.05, 3.63) is 54.1 Å². The fourth-order valence-electron chi connectivity index (χ4n) is 4.44. The average molecular weight is 399 g/mol. The second-order valence-corrected chi connectivity index (χ2v) is 8.71. The van der Waals surface area contributed by atoms with Gasteiger partial charge in [0, 0.05) is 39.3 Å². The van der Waals surface area contributed by atoms with E-state index in [9.17, 15) is 5.11 Å². The molecule has 1 aromatic heterocycles. The van der Waals surface area contributed by atoms with Crippen LogP contribution in [-0.2, 0) is 5.60 Å². The highest BCUT2D eigenvalue weighted by atomic mass is 32.2. The molecular formula is C22H30N4OS. The van der Waals surface area contributed by atoms with E-state index in [1.165, 1.54) is 0 Å². The Labute approximate surface area is 172 Å². The van der Waals surface area contributed by atoms with Crippen molar-refractivity contribution in [3.8, 4) is 0 Å². The lowest BCUT2D eigenvalue weighted by Gasteiger charge is -2.51. The molecule has 0 bridgehead atoms. The van der Waals surface area contributed by atoms with E-state index in [1.807, 2.05) is 18.2 Å². The van der Waals surface area contributed by atoms with Crippen molar-refractivity contribution in [2.24, 2.45) is 0 Å². The first-order valence-electron chi connectivity index (χ1n) is 10.1. The van der Waals surface area contributed by atoms with Crippen molar-refractivity contribution in [3.63, 3.8) is 0 Å². The molecule has 0 spiro atoms. The molecule has 5 nitrogen and oxygen atoms in total. The summed E-state index contributed by atoms with van der Waals surface area (Å²) in [7, 11) is 2.17. The van der Waals surface area contributed by atoms with Crippen molar-refractivity contribution in [2.75, 3.05) is 57.5 Å². The summed E-state index contributed by atoms with van der Waals surface area (Å²) in [6.07, 6.45) is 2.77. The van der Waals surface area contributed by atoms with Gasteiger partial charge in [0.05, 0.1) is 11.1 Å². The molecule has 2 aromatic rings. The zero-order valence-electron chi connectivity index (χ0n) is 16.8. The summed E-state index contributed by atoms with van der Waals surface area (Å²) in [4.78, 5) is 12.0. The molecule has 0 radical (unpaired) electrons. The number of likely N-dealkylation sites (N-methyl/N-ethyl adjacent to an activating group) is 1. The van der Waals surface area contributed by atoms with Gasteiger partial charge in [-0.25, -0.2) is 4.98 Å². The van der Waals surface area contributed by atoms with E-state index in [1.54, 1.807) is 11.8 Å². The van der Waals surface area contributed by atoms with Crippen LogP contribution in [0, 0.1) is 0 Å². The van der Waals surface area contributed by atoms with Crippen molar-refractivity contribution >= 4 is 17.6 Å². The summed E-state index contributed by atoms with van der Waals surface area (Å²) in [5.74, 6) is 1.01. The lowest BCUT2D eigenvalue weighted by Crippen LogP contribution is -2.64. The maximum absolute atomic E-state index is 11.9. The molecule has 2 aliphatic rings. The monoisotopic (exact) mass is 398 g/mol. The zero-order valence-corrected chi connectivity index (χ0v) is 17.6. The smallest absolute Gasteiger partial charge is 0.129 e. The van der Waals surface area contributed by atoms with Gasteiger partial charge in [-0.05, 0) is 37.4 Å². The Morgan fingerprint density at radius 1 is 1.00 bits per heavy atom. The van der Waals surface area contributed by atoms with Gasteiger partial charge in [0.15, 0.2) is 0 Å². The third kappa shape index (κ3) is 3.92. The standard InChI is InChI=1S/C22H30N4OS/c1-24-13-15-25(16-14-24)19-17-26(20-9-6-10-21(23-20)28-2)12-11-22(19,27)18-7-4-3-5-8-18/h3-10,19,27H,11-17H2,1-2H3/t19-,22+/m1/s1. The van der Waals surface area contributed by atoms with Crippen LogP contribution in [0.5, 0.6) is 0 Å². The van der Waals surface area contributed by atoms with Crippen LogP contribution in [0.3, 0.4) is 0 Å². The topological polar surface area (TPSA) is 42.8 Å². The number of nitrogens with zero attached hydrogens (tertiary/aromatic N) is 4. The fraction of sp³-hybridized carbons (Fsp3) is 0.500. The van der Waals surface area contributed by atoms with Crippen LogP contribution >= 0.6 is 11.8 Å². The number of aromatic nitrogens is 1. The van der Waals surface area contributed by atoms with E-state index >= 15 is 0 Å². The molecule has 0 amide bonds. The highest BCUT2D eigenvalue weighted by molar-refractivity contribution is 7.98. The second-order valence-electron chi connectivity index (χ2n) is 7.88. The Hall–Kier alpha value is -1.60. The minimum absolute atomic E-state index is 0.0529. The molecule has 6 heteroatoms. The van der Waals surface area contributed by atoms with Crippen molar-refractivity contribution < 1.29 is 5.11 Å². The quantitative estimate of drug-likeness (QED) is 0.799. The van der Waals surface area contributed by atoms with Gasteiger partial charge in [-0.1, -0.05) is 36.4 Å². The predicted octanol–water partition coefficient (Wildman–Crippen LogP) is 2.52. The summed E-state index contributed by atoms with van der Waals surface area (Å²) in [6.45, 7) is 5.66. The largest absolute Gasteiger partial charge is 0.383 e. The summed E-state index contributed by atoms with van der Waals surface area (Å²) in [5, 5.41) is 12.9. The molecule has 2 saturated heterocycles. The van der Waals surface area contributed by atoms with Gasteiger partial charge in [0.25, 0.3) is 0 Å². The van der Waals surface area contributed by atoms with Crippen LogP contribution in [-0.4, -0.2) is 78.5 Å². The molecule has 0 saturated carbocycles. The Morgan fingerprint density at radius 3 is 2.46 bits per heavy atom. The number of thioether (sulfide) groups is 1. The number of hydrogen-bond donors (Lipinski definition) is 1. The van der Waals surface area contributed by atoms with E-state index in [-0.39, 0.29) is 6.04 Å². The van der Waals surface area contributed by atoms with Gasteiger partial charge in [-0.2, -0.15) is 0 Å². The van der Waals surface area contributed by atoms with E-state index in [4.69, 9.17) is 4.98 Å². The number of anilines is 1. The summed E-state index contributed by atoms with van der Waals surface area (Å²) in [6, 6.07) is 16.5. The first-order chi connectivity index (χ1) is 13.6. The summed E-state index contributed by atoms with van der Waals surface area (Å²) < 4.78 is 0. The van der Waals surface area contributed by atoms with E-state index < -0.39 is 5.60 Å². The minimum atomic E-state index is -0.829. The number of hydrogen-bond acceptors (Lipinski definition) is 6. The second kappa shape index (κ2) is 8.41. The van der Waals surface area contributed by atoms with E-state index in [0.29, 0.717) is 6.42 Å². The average Bonchev–Trinajstić information content (AvgIpc) is 2.75. The lowest BCUT2D eigenvalue weighted by atomic mass is 9.79. The molecule has 2 fully saturated rings. The first-order valence-corrected chi connectivity index (χ1v) is 11.3. The Bertz CT molecular complexity index is 781. The molecule has 28 heavy (non-hydrogen) atoms. The summed E-state index contributed by atoms with van der Waals surface area (Å²) >= 11 is 1.67. The molecule has 0 aliphatic carbocycles. The SMILES string of the molecule is CSc1cccc(N2CC[C@](O)(c3ccccc3)[C@H](N3CCN(C)CC3)C2)n1. The normalized spacial score (nSPS) is 27.1. The highest BCUT2D eigenvalue weighted by Gasteiger charge is 2.46. The van der Waals surface area contributed by atoms with Gasteiger partial charge in [-0.15, -0.1) is 11.8 Å². The number of rotatable bonds is 4. The van der Waals surface area contributed by atoms with Crippen LogP contribution in [0.25, 0.3) is 0 Å². The third-order valence-corrected chi connectivity index (χ3v) is 6.85. The number of pyridine rings is 1. The molecule has 1 N–H and O–H groups in total. The van der Waals surface area contributed by atoms with Gasteiger partial charge in [0.1, 0.15) is 11.4 Å². The van der Waals surface area contributed by atoms with Crippen LogP contribution in [0.4, 0.5) is 5.82 Å². The van der Waals surface area contributed by atoms with Gasteiger partial charge in [0.2, 0.25) is 0 Å². The van der Waals surface area contributed by atoms with Gasteiger partial charge < -0.3 is 14.9 Å². The lowest BCUT2D eigenvalue weighted by molar-refractivity contribution is -0.0757.